The highest BCUT2D eigenvalue weighted by atomic mass is 16.2. The molecule has 0 saturated carbocycles. The first-order chi connectivity index (χ1) is 11.7. The highest BCUT2D eigenvalue weighted by molar-refractivity contribution is 5.92. The second-order valence-corrected chi connectivity index (χ2v) is 6.23. The predicted molar refractivity (Wildman–Crippen MR) is 90.6 cm³/mol. The van der Waals surface area contributed by atoms with Crippen molar-refractivity contribution in [2.75, 3.05) is 13.1 Å². The van der Waals surface area contributed by atoms with Crippen LogP contribution >= 0.6 is 0 Å². The maximum absolute atomic E-state index is 12.5. The van der Waals surface area contributed by atoms with Gasteiger partial charge in [-0.1, -0.05) is 0 Å². The van der Waals surface area contributed by atoms with Gasteiger partial charge in [0.25, 0.3) is 5.91 Å². The number of hydrogen-bond acceptors (Lipinski definition) is 4. The smallest absolute Gasteiger partial charge is 0.274 e. The first-order valence-corrected chi connectivity index (χ1v) is 8.21. The van der Waals surface area contributed by atoms with Crippen molar-refractivity contribution in [2.45, 2.75) is 18.8 Å². The molecule has 24 heavy (non-hydrogen) atoms. The number of rotatable bonds is 2. The number of fused-ring (bicyclic) bond motifs is 1. The van der Waals surface area contributed by atoms with Crippen LogP contribution in [0.25, 0.3) is 11.0 Å². The lowest BCUT2D eigenvalue weighted by atomic mass is 9.92. The second kappa shape index (κ2) is 6.03. The zero-order chi connectivity index (χ0) is 16.5. The van der Waals surface area contributed by atoms with Crippen LogP contribution in [-0.4, -0.2) is 43.6 Å². The van der Waals surface area contributed by atoms with Crippen molar-refractivity contribution in [3.8, 4) is 0 Å². The van der Waals surface area contributed by atoms with Gasteiger partial charge in [0, 0.05) is 49.5 Å². The molecule has 0 aliphatic carbocycles. The van der Waals surface area contributed by atoms with Crippen LogP contribution in [0.15, 0.2) is 42.7 Å². The summed E-state index contributed by atoms with van der Waals surface area (Å²) in [6.07, 6.45) is 5.41. The SMILES string of the molecule is Cn1ccc(C(=O)N2CCC(c3ccc4cccnc4n3)CC2)n1. The van der Waals surface area contributed by atoms with Gasteiger partial charge in [-0.05, 0) is 43.2 Å². The number of nitrogens with zero attached hydrogens (tertiary/aromatic N) is 5. The van der Waals surface area contributed by atoms with Crippen LogP contribution in [0.5, 0.6) is 0 Å². The molecule has 1 aliphatic rings. The van der Waals surface area contributed by atoms with Crippen LogP contribution in [0, 0.1) is 0 Å². The molecule has 122 valence electrons. The van der Waals surface area contributed by atoms with Crippen molar-refractivity contribution in [3.05, 3.63) is 54.1 Å². The Balaban J connectivity index is 1.46. The molecule has 1 aliphatic heterocycles. The Hall–Kier alpha value is -2.76. The minimum Gasteiger partial charge on any atom is -0.337 e. The van der Waals surface area contributed by atoms with Crippen LogP contribution in [0.1, 0.15) is 34.9 Å². The Kier molecular flexibility index (Phi) is 3.72. The summed E-state index contributed by atoms with van der Waals surface area (Å²) < 4.78 is 1.66. The molecule has 1 fully saturated rings. The number of aryl methyl sites for hydroxylation is 1. The minimum absolute atomic E-state index is 0.0159. The van der Waals surface area contributed by atoms with Crippen molar-refractivity contribution >= 4 is 16.9 Å². The van der Waals surface area contributed by atoms with E-state index >= 15 is 0 Å². The minimum atomic E-state index is 0.0159. The maximum Gasteiger partial charge on any atom is 0.274 e. The zero-order valence-corrected chi connectivity index (χ0v) is 13.6. The summed E-state index contributed by atoms with van der Waals surface area (Å²) in [6, 6.07) is 9.88. The van der Waals surface area contributed by atoms with E-state index in [1.54, 1.807) is 23.1 Å². The van der Waals surface area contributed by atoms with Crippen molar-refractivity contribution < 1.29 is 4.79 Å². The average molecular weight is 321 g/mol. The maximum atomic E-state index is 12.5. The van der Waals surface area contributed by atoms with Gasteiger partial charge in [-0.3, -0.25) is 9.48 Å². The molecule has 1 amide bonds. The Labute approximate surface area is 140 Å². The van der Waals surface area contributed by atoms with Gasteiger partial charge >= 0.3 is 0 Å². The third kappa shape index (κ3) is 2.75. The lowest BCUT2D eigenvalue weighted by molar-refractivity contribution is 0.0705. The third-order valence-corrected chi connectivity index (χ3v) is 4.62. The fourth-order valence-electron chi connectivity index (χ4n) is 3.26. The molecule has 3 aromatic rings. The number of aromatic nitrogens is 4. The Morgan fingerprint density at radius 1 is 1.17 bits per heavy atom. The quantitative estimate of drug-likeness (QED) is 0.727. The summed E-state index contributed by atoms with van der Waals surface area (Å²) in [5, 5.41) is 5.26. The number of carbonyl (C=O) groups is 1. The summed E-state index contributed by atoms with van der Waals surface area (Å²) in [7, 11) is 1.82. The van der Waals surface area contributed by atoms with Gasteiger partial charge in [-0.15, -0.1) is 0 Å². The van der Waals surface area contributed by atoms with E-state index in [1.807, 2.05) is 24.1 Å². The molecule has 3 aromatic heterocycles. The molecule has 0 atom stereocenters. The highest BCUT2D eigenvalue weighted by Gasteiger charge is 2.26. The van der Waals surface area contributed by atoms with Crippen LogP contribution in [0.3, 0.4) is 0 Å². The molecule has 0 aromatic carbocycles. The molecule has 4 rings (SSSR count). The monoisotopic (exact) mass is 321 g/mol. The Morgan fingerprint density at radius 2 is 2.00 bits per heavy atom. The van der Waals surface area contributed by atoms with Crippen LogP contribution < -0.4 is 0 Å². The highest BCUT2D eigenvalue weighted by Crippen LogP contribution is 2.28. The summed E-state index contributed by atoms with van der Waals surface area (Å²) in [6.45, 7) is 1.48. The van der Waals surface area contributed by atoms with Gasteiger partial charge in [0.05, 0.1) is 0 Å². The Morgan fingerprint density at radius 3 is 2.75 bits per heavy atom. The average Bonchev–Trinajstić information content (AvgIpc) is 3.07. The van der Waals surface area contributed by atoms with Gasteiger partial charge in [0.15, 0.2) is 5.65 Å². The first-order valence-electron chi connectivity index (χ1n) is 8.21. The molecule has 0 unspecified atom stereocenters. The van der Waals surface area contributed by atoms with E-state index in [0.717, 1.165) is 42.7 Å². The fourth-order valence-corrected chi connectivity index (χ4v) is 3.26. The van der Waals surface area contributed by atoms with E-state index < -0.39 is 0 Å². The van der Waals surface area contributed by atoms with Crippen LogP contribution in [0.4, 0.5) is 0 Å². The second-order valence-electron chi connectivity index (χ2n) is 6.23. The number of piperidine rings is 1. The molecule has 0 radical (unpaired) electrons. The fraction of sp³-hybridized carbons (Fsp3) is 0.333. The normalized spacial score (nSPS) is 15.8. The molecule has 1 saturated heterocycles. The molecule has 0 spiro atoms. The van der Waals surface area contributed by atoms with Crippen molar-refractivity contribution in [1.29, 1.82) is 0 Å². The predicted octanol–water partition coefficient (Wildman–Crippen LogP) is 2.38. The van der Waals surface area contributed by atoms with E-state index in [2.05, 4.69) is 22.2 Å². The summed E-state index contributed by atoms with van der Waals surface area (Å²) in [4.78, 5) is 23.4. The topological polar surface area (TPSA) is 63.9 Å². The van der Waals surface area contributed by atoms with Gasteiger partial charge in [0.2, 0.25) is 0 Å². The first kappa shape index (κ1) is 14.8. The lowest BCUT2D eigenvalue weighted by Gasteiger charge is -2.31. The van der Waals surface area contributed by atoms with E-state index in [4.69, 9.17) is 4.98 Å². The number of carbonyl (C=O) groups excluding carboxylic acids is 1. The third-order valence-electron chi connectivity index (χ3n) is 4.62. The van der Waals surface area contributed by atoms with E-state index in [-0.39, 0.29) is 5.91 Å². The van der Waals surface area contributed by atoms with Gasteiger partial charge in [-0.25, -0.2) is 9.97 Å². The standard InChI is InChI=1S/C18H19N5O/c1-22-10-8-16(21-22)18(24)23-11-6-13(7-12-23)15-5-4-14-3-2-9-19-17(14)20-15/h2-5,8-10,13H,6-7,11-12H2,1H3. The van der Waals surface area contributed by atoms with Crippen molar-refractivity contribution in [3.63, 3.8) is 0 Å². The van der Waals surface area contributed by atoms with Crippen molar-refractivity contribution in [1.82, 2.24) is 24.6 Å². The largest absolute Gasteiger partial charge is 0.337 e. The van der Waals surface area contributed by atoms with Crippen molar-refractivity contribution in [2.24, 2.45) is 7.05 Å². The summed E-state index contributed by atoms with van der Waals surface area (Å²) in [5.41, 5.74) is 2.39. The van der Waals surface area contributed by atoms with Gasteiger partial charge < -0.3 is 4.90 Å². The van der Waals surface area contributed by atoms with Gasteiger partial charge in [0.1, 0.15) is 5.69 Å². The van der Waals surface area contributed by atoms with Gasteiger partial charge in [-0.2, -0.15) is 5.10 Å². The van der Waals surface area contributed by atoms with Crippen LogP contribution in [-0.2, 0) is 7.05 Å². The van der Waals surface area contributed by atoms with E-state index in [9.17, 15) is 4.79 Å². The molecule has 6 heteroatoms. The Bertz CT molecular complexity index is 880. The number of amides is 1. The molecule has 0 bridgehead atoms. The number of hydrogen-bond donors (Lipinski definition) is 0. The van der Waals surface area contributed by atoms with E-state index in [1.165, 1.54) is 0 Å². The summed E-state index contributed by atoms with van der Waals surface area (Å²) in [5.74, 6) is 0.395. The molecule has 4 heterocycles. The lowest BCUT2D eigenvalue weighted by Crippen LogP contribution is -2.38. The molecular formula is C18H19N5O. The zero-order valence-electron chi connectivity index (χ0n) is 13.6. The molecule has 0 N–H and O–H groups in total. The number of pyridine rings is 2. The number of likely N-dealkylation sites (tertiary alicyclic amines) is 1. The van der Waals surface area contributed by atoms with Crippen LogP contribution in [0.2, 0.25) is 0 Å². The summed E-state index contributed by atoms with van der Waals surface area (Å²) >= 11 is 0. The van der Waals surface area contributed by atoms with E-state index in [0.29, 0.717) is 11.6 Å². The molecular weight excluding hydrogens is 302 g/mol. The molecule has 6 nitrogen and oxygen atoms in total.